The Bertz CT molecular complexity index is 613. The van der Waals surface area contributed by atoms with Crippen molar-refractivity contribution in [1.82, 2.24) is 0 Å². The summed E-state index contributed by atoms with van der Waals surface area (Å²) in [7, 11) is -1.18. The molecular weight excluding hydrogens is 399 g/mol. The molecule has 1 aromatic carbocycles. The fourth-order valence-corrected chi connectivity index (χ4v) is 6.81. The Morgan fingerprint density at radius 2 is 1.48 bits per heavy atom. The number of halogens is 3. The monoisotopic (exact) mass is 422 g/mol. The molecule has 1 aromatic rings. The first-order valence-corrected chi connectivity index (χ1v) is 11.7. The summed E-state index contributed by atoms with van der Waals surface area (Å²) in [6, 6.07) is 4.52. The van der Waals surface area contributed by atoms with Crippen LogP contribution in [0.15, 0.2) is 32.9 Å². The van der Waals surface area contributed by atoms with Crippen LogP contribution >= 0.6 is 0 Å². The molecule has 126 valence electrons. The molecule has 0 amide bonds. The Morgan fingerprint density at radius 1 is 0.957 bits per heavy atom. The van der Waals surface area contributed by atoms with Crippen molar-refractivity contribution in [2.24, 2.45) is 0 Å². The minimum atomic E-state index is -1.18. The van der Waals surface area contributed by atoms with Crippen LogP contribution in [0.25, 0.3) is 0 Å². The second-order valence-electron chi connectivity index (χ2n) is 7.03. The van der Waals surface area contributed by atoms with Crippen LogP contribution < -0.4 is 37.2 Å². The van der Waals surface area contributed by atoms with Crippen LogP contribution in [0.2, 0.25) is 19.6 Å². The minimum Gasteiger partial charge on any atom is -1.00 e. The average Bonchev–Trinajstić information content (AvgIpc) is 2.71. The van der Waals surface area contributed by atoms with Gasteiger partial charge in [-0.1, -0.05) is 0 Å². The third kappa shape index (κ3) is 5.77. The predicted molar refractivity (Wildman–Crippen MR) is 87.4 cm³/mol. The molecule has 23 heavy (non-hydrogen) atoms. The van der Waals surface area contributed by atoms with Gasteiger partial charge in [0.15, 0.2) is 0 Å². The molecule has 0 N–H and O–H groups in total. The van der Waals surface area contributed by atoms with Crippen molar-refractivity contribution in [3.63, 3.8) is 0 Å². The first-order chi connectivity index (χ1) is 9.21. The number of aryl methyl sites for hydroxylation is 2. The van der Waals surface area contributed by atoms with E-state index in [9.17, 15) is 0 Å². The Labute approximate surface area is 173 Å². The van der Waals surface area contributed by atoms with E-state index in [0.29, 0.717) is 0 Å². The van der Waals surface area contributed by atoms with E-state index < -0.39 is 8.07 Å². The summed E-state index contributed by atoms with van der Waals surface area (Å²) in [5.74, 6) is 0. The zero-order valence-corrected chi connectivity index (χ0v) is 19.6. The molecule has 0 saturated heterocycles. The third-order valence-electron chi connectivity index (χ3n) is 4.48. The molecule has 0 unspecified atom stereocenters. The van der Waals surface area contributed by atoms with E-state index in [2.05, 4.69) is 79.1 Å². The molecule has 1 aliphatic carbocycles. The van der Waals surface area contributed by atoms with E-state index >= 15 is 0 Å². The Hall–Kier alpha value is 0.501. The van der Waals surface area contributed by atoms with Crippen LogP contribution in [0.5, 0.6) is 0 Å². The van der Waals surface area contributed by atoms with Gasteiger partial charge in [-0.15, -0.1) is 0 Å². The van der Waals surface area contributed by atoms with Crippen molar-refractivity contribution in [2.75, 3.05) is 0 Å². The molecule has 0 saturated carbocycles. The standard InChI is InChI=1S/C18H25Si.3ClH.Ti/c1-13-7-8-14(2)18(15(13)3)12-16-9-10-17(11-16)19(4,5)6;;;;/h7-8,10H,9,12H2,1-6H3;3*1H;/q;;;;+3/p-3. The molecule has 0 aliphatic heterocycles. The van der Waals surface area contributed by atoms with Gasteiger partial charge in [0.25, 0.3) is 0 Å². The summed E-state index contributed by atoms with van der Waals surface area (Å²) < 4.78 is 1.59. The number of hydrogen-bond acceptors (Lipinski definition) is 0. The van der Waals surface area contributed by atoms with Gasteiger partial charge in [0.2, 0.25) is 0 Å². The van der Waals surface area contributed by atoms with Gasteiger partial charge in [0.1, 0.15) is 0 Å². The second-order valence-corrected chi connectivity index (χ2v) is 12.8. The molecule has 5 heteroatoms. The van der Waals surface area contributed by atoms with E-state index in [-0.39, 0.29) is 37.2 Å². The van der Waals surface area contributed by atoms with Crippen molar-refractivity contribution in [3.8, 4) is 0 Å². The van der Waals surface area contributed by atoms with Gasteiger partial charge in [0, 0.05) is 0 Å². The fourth-order valence-electron chi connectivity index (χ4n) is 2.96. The number of benzene rings is 1. The molecule has 0 spiro atoms. The van der Waals surface area contributed by atoms with Crippen LogP contribution in [0.4, 0.5) is 0 Å². The smallest absolute Gasteiger partial charge is 1.00 e. The van der Waals surface area contributed by atoms with Crippen LogP contribution in [0.3, 0.4) is 0 Å². The predicted octanol–water partition coefficient (Wildman–Crippen LogP) is -3.83. The second kappa shape index (κ2) is 9.85. The van der Waals surface area contributed by atoms with Crippen molar-refractivity contribution >= 4 is 8.07 Å². The Morgan fingerprint density at radius 3 is 1.96 bits per heavy atom. The summed E-state index contributed by atoms with van der Waals surface area (Å²) in [5, 5.41) is 1.68. The van der Waals surface area contributed by atoms with Gasteiger partial charge >= 0.3 is 137 Å². The van der Waals surface area contributed by atoms with E-state index in [0.717, 1.165) is 12.8 Å². The van der Waals surface area contributed by atoms with Gasteiger partial charge in [-0.2, -0.15) is 0 Å². The maximum Gasteiger partial charge on any atom is -1.00 e. The van der Waals surface area contributed by atoms with E-state index in [1.54, 1.807) is 20.2 Å². The molecular formula is C18H25Cl3SiTi. The summed E-state index contributed by atoms with van der Waals surface area (Å²) in [4.78, 5) is 0. The molecule has 0 atom stereocenters. The topological polar surface area (TPSA) is 0 Å². The quantitative estimate of drug-likeness (QED) is 0.437. The third-order valence-corrected chi connectivity index (χ3v) is 7.91. The molecule has 0 bridgehead atoms. The normalized spacial score (nSPS) is 13.8. The Balaban J connectivity index is 0. The SMILES string of the molecule is Cc1ccc(C)c(CC2=[C]([Ti+3])C([Si](C)(C)C)=CC2)c1C.[Cl-].[Cl-].[Cl-]. The average molecular weight is 424 g/mol. The maximum absolute atomic E-state index is 2.50. The molecule has 0 heterocycles. The summed E-state index contributed by atoms with van der Waals surface area (Å²) >= 11 is 2.34. The van der Waals surface area contributed by atoms with Crippen LogP contribution in [0, 0.1) is 20.8 Å². The molecule has 2 rings (SSSR count). The minimum absolute atomic E-state index is 0. The van der Waals surface area contributed by atoms with Gasteiger partial charge < -0.3 is 37.2 Å². The van der Waals surface area contributed by atoms with Crippen molar-refractivity contribution in [1.29, 1.82) is 0 Å². The summed E-state index contributed by atoms with van der Waals surface area (Å²) in [5.41, 5.74) is 7.52. The molecule has 0 fully saturated rings. The van der Waals surface area contributed by atoms with E-state index in [1.165, 1.54) is 16.7 Å². The summed E-state index contributed by atoms with van der Waals surface area (Å²) in [6.45, 7) is 14.1. The van der Waals surface area contributed by atoms with Gasteiger partial charge in [0.05, 0.1) is 0 Å². The van der Waals surface area contributed by atoms with E-state index in [4.69, 9.17) is 0 Å². The van der Waals surface area contributed by atoms with E-state index in [1.807, 2.05) is 0 Å². The molecule has 0 aromatic heterocycles. The zero-order chi connectivity index (χ0) is 15.1. The molecule has 0 nitrogen and oxygen atoms in total. The molecule has 0 radical (unpaired) electrons. The van der Waals surface area contributed by atoms with Crippen LogP contribution in [0.1, 0.15) is 28.7 Å². The number of allylic oxidation sites excluding steroid dienone is 4. The van der Waals surface area contributed by atoms with Crippen molar-refractivity contribution in [3.05, 3.63) is 55.1 Å². The van der Waals surface area contributed by atoms with Crippen LogP contribution in [-0.2, 0) is 26.9 Å². The van der Waals surface area contributed by atoms with Crippen molar-refractivity contribution < 1.29 is 57.7 Å². The zero-order valence-electron chi connectivity index (χ0n) is 14.8. The number of hydrogen-bond donors (Lipinski definition) is 0. The Kier molecular flexibility index (Phi) is 11.0. The van der Waals surface area contributed by atoms with Crippen LogP contribution in [-0.4, -0.2) is 8.07 Å². The molecule has 1 aliphatic rings. The van der Waals surface area contributed by atoms with Gasteiger partial charge in [-0.3, -0.25) is 0 Å². The van der Waals surface area contributed by atoms with Crippen molar-refractivity contribution in [2.45, 2.75) is 53.3 Å². The largest absolute Gasteiger partial charge is 1.00 e. The van der Waals surface area contributed by atoms with Gasteiger partial charge in [-0.05, 0) is 0 Å². The maximum atomic E-state index is 2.50. The first kappa shape index (κ1) is 25.7. The first-order valence-electron chi connectivity index (χ1n) is 7.42. The number of rotatable bonds is 3. The fraction of sp³-hybridized carbons (Fsp3) is 0.444. The summed E-state index contributed by atoms with van der Waals surface area (Å²) in [6.07, 6.45) is 4.80. The van der Waals surface area contributed by atoms with Gasteiger partial charge in [-0.25, -0.2) is 0 Å².